The Bertz CT molecular complexity index is 778. The minimum atomic E-state index is 0.202. The average Bonchev–Trinajstić information content (AvgIpc) is 2.68. The lowest BCUT2D eigenvalue weighted by Crippen LogP contribution is -2.38. The minimum Gasteiger partial charge on any atom is -0.504 e. The lowest BCUT2D eigenvalue weighted by molar-refractivity contribution is 0.370. The van der Waals surface area contributed by atoms with E-state index in [1.54, 1.807) is 24.9 Å². The molecule has 0 aliphatic rings. The Morgan fingerprint density at radius 3 is 2.70 bits per heavy atom. The van der Waals surface area contributed by atoms with Crippen molar-refractivity contribution in [2.75, 3.05) is 26.5 Å². The number of rotatable bonds is 8. The Balaban J connectivity index is 2.00. The first-order valence-electron chi connectivity index (χ1n) is 9.09. The molecule has 0 heterocycles. The van der Waals surface area contributed by atoms with Crippen molar-refractivity contribution in [1.82, 2.24) is 10.6 Å². The maximum absolute atomic E-state index is 10.2. The summed E-state index contributed by atoms with van der Waals surface area (Å²) in [6.07, 6.45) is 2.76. The maximum Gasteiger partial charge on any atom is 0.191 e. The van der Waals surface area contributed by atoms with Crippen LogP contribution in [0.5, 0.6) is 11.5 Å². The van der Waals surface area contributed by atoms with Crippen LogP contribution in [0.1, 0.15) is 23.6 Å². The molecule has 0 radical (unpaired) electrons. The molecule has 0 unspecified atom stereocenters. The predicted molar refractivity (Wildman–Crippen MR) is 114 cm³/mol. The summed E-state index contributed by atoms with van der Waals surface area (Å²) < 4.78 is 5.16. The van der Waals surface area contributed by atoms with Crippen LogP contribution in [-0.2, 0) is 13.0 Å². The largest absolute Gasteiger partial charge is 0.504 e. The van der Waals surface area contributed by atoms with Gasteiger partial charge in [-0.05, 0) is 55.3 Å². The van der Waals surface area contributed by atoms with Gasteiger partial charge in [0.25, 0.3) is 0 Å². The molecule has 6 heteroatoms. The average molecular weight is 388 g/mol. The molecule has 0 atom stereocenters. The normalized spacial score (nSPS) is 11.3. The lowest BCUT2D eigenvalue weighted by atomic mass is 10.1. The van der Waals surface area contributed by atoms with E-state index >= 15 is 0 Å². The summed E-state index contributed by atoms with van der Waals surface area (Å²) in [7, 11) is 1.56. The fourth-order valence-electron chi connectivity index (χ4n) is 2.74. The Hall–Kier alpha value is -2.34. The van der Waals surface area contributed by atoms with E-state index in [1.165, 1.54) is 16.0 Å². The van der Waals surface area contributed by atoms with Gasteiger partial charge in [-0.2, -0.15) is 0 Å². The number of phenolic OH excluding ortho intramolecular Hbond substituents is 1. The molecule has 0 amide bonds. The van der Waals surface area contributed by atoms with Crippen LogP contribution in [0.4, 0.5) is 0 Å². The molecule has 0 aromatic heterocycles. The second kappa shape index (κ2) is 10.7. The molecule has 0 saturated heterocycles. The Labute approximate surface area is 166 Å². The topological polar surface area (TPSA) is 65.9 Å². The number of para-hydroxylation sites is 1. The van der Waals surface area contributed by atoms with Crippen LogP contribution < -0.4 is 15.4 Å². The fraction of sp³-hybridized carbons (Fsp3) is 0.381. The standard InChI is InChI=1S/C21H29N3O2S/c1-5-22-21(24-14-17-10-9-15(2)13-19(17)27-4)23-12-11-16-7-6-8-18(26-3)20(16)25/h6-10,13,25H,5,11-12,14H2,1-4H3,(H2,22,23,24). The van der Waals surface area contributed by atoms with Crippen LogP contribution >= 0.6 is 11.8 Å². The summed E-state index contributed by atoms with van der Waals surface area (Å²) in [4.78, 5) is 5.96. The van der Waals surface area contributed by atoms with E-state index < -0.39 is 0 Å². The zero-order chi connectivity index (χ0) is 19.6. The van der Waals surface area contributed by atoms with Gasteiger partial charge in [-0.25, -0.2) is 4.99 Å². The molecule has 0 aliphatic carbocycles. The molecule has 0 saturated carbocycles. The number of phenols is 1. The quantitative estimate of drug-likeness (QED) is 0.366. The van der Waals surface area contributed by atoms with Crippen molar-refractivity contribution in [3.63, 3.8) is 0 Å². The molecule has 0 fully saturated rings. The molecule has 5 nitrogen and oxygen atoms in total. The van der Waals surface area contributed by atoms with Crippen molar-refractivity contribution < 1.29 is 9.84 Å². The third-order valence-corrected chi connectivity index (χ3v) is 5.00. The Kier molecular flexibility index (Phi) is 8.33. The summed E-state index contributed by atoms with van der Waals surface area (Å²) in [5, 5.41) is 16.8. The molecule has 0 spiro atoms. The SMILES string of the molecule is CCNC(=NCc1ccc(C)cc1SC)NCCc1cccc(OC)c1O. The predicted octanol–water partition coefficient (Wildman–Crippen LogP) is 3.73. The Morgan fingerprint density at radius 2 is 2.00 bits per heavy atom. The number of ether oxygens (including phenoxy) is 1. The number of thioether (sulfide) groups is 1. The van der Waals surface area contributed by atoms with E-state index in [1.807, 2.05) is 19.1 Å². The minimum absolute atomic E-state index is 0.202. The monoisotopic (exact) mass is 387 g/mol. The first-order valence-corrected chi connectivity index (χ1v) is 10.3. The molecule has 3 N–H and O–H groups in total. The van der Waals surface area contributed by atoms with Gasteiger partial charge in [0.2, 0.25) is 0 Å². The molecule has 2 aromatic rings. The number of methoxy groups -OCH3 is 1. The first kappa shape index (κ1) is 21.0. The van der Waals surface area contributed by atoms with Gasteiger partial charge in [0.05, 0.1) is 13.7 Å². The van der Waals surface area contributed by atoms with Crippen molar-refractivity contribution in [3.8, 4) is 11.5 Å². The highest BCUT2D eigenvalue weighted by molar-refractivity contribution is 7.98. The summed E-state index contributed by atoms with van der Waals surface area (Å²) in [6, 6.07) is 12.0. The van der Waals surface area contributed by atoms with E-state index in [0.29, 0.717) is 25.3 Å². The summed E-state index contributed by atoms with van der Waals surface area (Å²) >= 11 is 1.75. The highest BCUT2D eigenvalue weighted by atomic mass is 32.2. The molecular formula is C21H29N3O2S. The summed E-state index contributed by atoms with van der Waals surface area (Å²) in [6.45, 7) is 6.22. The zero-order valence-corrected chi connectivity index (χ0v) is 17.3. The molecule has 2 aromatic carbocycles. The van der Waals surface area contributed by atoms with Crippen LogP contribution in [0, 0.1) is 6.92 Å². The third-order valence-electron chi connectivity index (χ3n) is 4.18. The number of aliphatic imine (C=N–C) groups is 1. The summed E-state index contributed by atoms with van der Waals surface area (Å²) in [5.41, 5.74) is 3.33. The molecule has 146 valence electrons. The zero-order valence-electron chi connectivity index (χ0n) is 16.5. The van der Waals surface area contributed by atoms with Gasteiger partial charge in [0.15, 0.2) is 17.5 Å². The van der Waals surface area contributed by atoms with E-state index in [4.69, 9.17) is 9.73 Å². The van der Waals surface area contributed by atoms with Gasteiger partial charge < -0.3 is 20.5 Å². The molecular weight excluding hydrogens is 358 g/mol. The number of aromatic hydroxyl groups is 1. The Morgan fingerprint density at radius 1 is 1.19 bits per heavy atom. The first-order chi connectivity index (χ1) is 13.1. The van der Waals surface area contributed by atoms with Crippen molar-refractivity contribution in [2.24, 2.45) is 4.99 Å². The van der Waals surface area contributed by atoms with Crippen LogP contribution in [-0.4, -0.2) is 37.5 Å². The third kappa shape index (κ3) is 6.10. The van der Waals surface area contributed by atoms with Crippen molar-refractivity contribution >= 4 is 17.7 Å². The van der Waals surface area contributed by atoms with Gasteiger partial charge >= 0.3 is 0 Å². The van der Waals surface area contributed by atoms with E-state index in [-0.39, 0.29) is 5.75 Å². The second-order valence-corrected chi connectivity index (χ2v) is 7.00. The number of nitrogens with one attached hydrogen (secondary N) is 2. The van der Waals surface area contributed by atoms with Crippen LogP contribution in [0.25, 0.3) is 0 Å². The van der Waals surface area contributed by atoms with E-state index in [2.05, 4.69) is 42.0 Å². The number of aryl methyl sites for hydroxylation is 1. The van der Waals surface area contributed by atoms with Crippen molar-refractivity contribution in [2.45, 2.75) is 31.7 Å². The number of nitrogens with zero attached hydrogens (tertiary/aromatic N) is 1. The van der Waals surface area contributed by atoms with Crippen LogP contribution in [0.2, 0.25) is 0 Å². The van der Waals surface area contributed by atoms with Crippen molar-refractivity contribution in [3.05, 3.63) is 53.1 Å². The maximum atomic E-state index is 10.2. The summed E-state index contributed by atoms with van der Waals surface area (Å²) in [5.74, 6) is 1.47. The molecule has 27 heavy (non-hydrogen) atoms. The van der Waals surface area contributed by atoms with E-state index in [0.717, 1.165) is 18.1 Å². The highest BCUT2D eigenvalue weighted by Crippen LogP contribution is 2.29. The molecule has 0 aliphatic heterocycles. The van der Waals surface area contributed by atoms with Gasteiger partial charge in [-0.3, -0.25) is 0 Å². The van der Waals surface area contributed by atoms with Crippen LogP contribution in [0.3, 0.4) is 0 Å². The van der Waals surface area contributed by atoms with Gasteiger partial charge in [0, 0.05) is 18.0 Å². The number of guanidine groups is 1. The van der Waals surface area contributed by atoms with Crippen molar-refractivity contribution in [1.29, 1.82) is 0 Å². The molecule has 2 rings (SSSR count). The fourth-order valence-corrected chi connectivity index (χ4v) is 3.44. The van der Waals surface area contributed by atoms with Gasteiger partial charge in [0.1, 0.15) is 0 Å². The molecule has 0 bridgehead atoms. The number of benzene rings is 2. The smallest absolute Gasteiger partial charge is 0.191 e. The lowest BCUT2D eigenvalue weighted by Gasteiger charge is -2.13. The number of hydrogen-bond donors (Lipinski definition) is 3. The van der Waals surface area contributed by atoms with Crippen LogP contribution in [0.15, 0.2) is 46.3 Å². The van der Waals surface area contributed by atoms with Gasteiger partial charge in [-0.15, -0.1) is 11.8 Å². The second-order valence-electron chi connectivity index (χ2n) is 6.16. The van der Waals surface area contributed by atoms with Gasteiger partial charge in [-0.1, -0.05) is 24.3 Å². The highest BCUT2D eigenvalue weighted by Gasteiger charge is 2.07. The van der Waals surface area contributed by atoms with E-state index in [9.17, 15) is 5.11 Å². The number of hydrogen-bond acceptors (Lipinski definition) is 4.